The maximum atomic E-state index is 11.1. The number of likely N-dealkylation sites (tertiary alicyclic amines) is 1. The van der Waals surface area contributed by atoms with Gasteiger partial charge in [0.25, 0.3) is 0 Å². The number of carboxylic acid groups (broad SMARTS) is 1. The third kappa shape index (κ3) is 2.69. The number of carbonyl (C=O) groups is 1. The van der Waals surface area contributed by atoms with Crippen molar-refractivity contribution in [2.45, 2.75) is 51.6 Å². The largest absolute Gasteiger partial charge is 0.480 e. The van der Waals surface area contributed by atoms with Crippen LogP contribution in [0.4, 0.5) is 0 Å². The van der Waals surface area contributed by atoms with Gasteiger partial charge in [0.15, 0.2) is 5.82 Å². The fourth-order valence-electron chi connectivity index (χ4n) is 2.10. The lowest BCUT2D eigenvalue weighted by atomic mass is 9.97. The Kier molecular flexibility index (Phi) is 3.38. The first-order valence-electron chi connectivity index (χ1n) is 6.18. The summed E-state index contributed by atoms with van der Waals surface area (Å²) in [6.07, 6.45) is 1.60. The molecule has 1 fully saturated rings. The molecular weight excluding hydrogens is 234 g/mol. The van der Waals surface area contributed by atoms with Crippen molar-refractivity contribution in [2.75, 3.05) is 6.54 Å². The van der Waals surface area contributed by atoms with Crippen LogP contribution in [0, 0.1) is 0 Å². The number of rotatable bonds is 3. The van der Waals surface area contributed by atoms with Gasteiger partial charge in [0.05, 0.1) is 6.54 Å². The van der Waals surface area contributed by atoms with Crippen LogP contribution in [0.25, 0.3) is 0 Å². The number of hydrogen-bond donors (Lipinski definition) is 1. The van der Waals surface area contributed by atoms with Crippen LogP contribution in [0.15, 0.2) is 4.52 Å². The molecule has 1 N–H and O–H groups in total. The minimum atomic E-state index is -0.771. The van der Waals surface area contributed by atoms with E-state index < -0.39 is 12.0 Å². The highest BCUT2D eigenvalue weighted by molar-refractivity contribution is 5.73. The lowest BCUT2D eigenvalue weighted by Gasteiger charge is -2.18. The highest BCUT2D eigenvalue weighted by Gasteiger charge is 2.31. The van der Waals surface area contributed by atoms with Crippen molar-refractivity contribution in [3.63, 3.8) is 0 Å². The van der Waals surface area contributed by atoms with Crippen molar-refractivity contribution in [3.05, 3.63) is 11.7 Å². The molecule has 1 aromatic heterocycles. The highest BCUT2D eigenvalue weighted by atomic mass is 16.5. The summed E-state index contributed by atoms with van der Waals surface area (Å²) in [7, 11) is 0. The summed E-state index contributed by atoms with van der Waals surface area (Å²) in [5.74, 6) is 0.378. The number of aliphatic carboxylic acids is 1. The molecule has 1 aliphatic rings. The number of carboxylic acids is 1. The van der Waals surface area contributed by atoms with Gasteiger partial charge >= 0.3 is 5.97 Å². The zero-order chi connectivity index (χ0) is 13.3. The van der Waals surface area contributed by atoms with E-state index in [9.17, 15) is 4.79 Å². The SMILES string of the molecule is CC(C)(C)c1nc(CN2CCC[C@H]2C(=O)O)no1. The van der Waals surface area contributed by atoms with Crippen LogP contribution in [-0.4, -0.2) is 38.7 Å². The molecule has 0 unspecified atom stereocenters. The average Bonchev–Trinajstić information content (AvgIpc) is 2.85. The molecule has 0 aromatic carbocycles. The molecule has 0 amide bonds. The standard InChI is InChI=1S/C12H19N3O3/c1-12(2,3)11-13-9(14-18-11)7-15-6-4-5-8(15)10(16)17/h8H,4-7H2,1-3H3,(H,16,17)/t8-/m0/s1. The molecule has 0 bridgehead atoms. The normalized spacial score (nSPS) is 21.4. The van der Waals surface area contributed by atoms with Crippen molar-refractivity contribution in [1.82, 2.24) is 15.0 Å². The molecule has 1 aromatic rings. The van der Waals surface area contributed by atoms with Crippen molar-refractivity contribution >= 4 is 5.97 Å². The summed E-state index contributed by atoms with van der Waals surface area (Å²) in [5, 5.41) is 13.0. The van der Waals surface area contributed by atoms with Crippen LogP contribution in [0.1, 0.15) is 45.3 Å². The van der Waals surface area contributed by atoms with Crippen molar-refractivity contribution < 1.29 is 14.4 Å². The van der Waals surface area contributed by atoms with Crippen molar-refractivity contribution in [2.24, 2.45) is 0 Å². The fraction of sp³-hybridized carbons (Fsp3) is 0.750. The van der Waals surface area contributed by atoms with E-state index >= 15 is 0 Å². The van der Waals surface area contributed by atoms with Crippen LogP contribution in [0.5, 0.6) is 0 Å². The van der Waals surface area contributed by atoms with Gasteiger partial charge in [-0.2, -0.15) is 4.98 Å². The summed E-state index contributed by atoms with van der Waals surface area (Å²) >= 11 is 0. The second-order valence-electron chi connectivity index (χ2n) is 5.73. The fourth-order valence-corrected chi connectivity index (χ4v) is 2.10. The number of hydrogen-bond acceptors (Lipinski definition) is 5. The van der Waals surface area contributed by atoms with Crippen LogP contribution >= 0.6 is 0 Å². The Morgan fingerprint density at radius 1 is 1.56 bits per heavy atom. The minimum Gasteiger partial charge on any atom is -0.480 e. The summed E-state index contributed by atoms with van der Waals surface area (Å²) in [4.78, 5) is 17.3. The smallest absolute Gasteiger partial charge is 0.320 e. The lowest BCUT2D eigenvalue weighted by Crippen LogP contribution is -2.35. The molecule has 0 aliphatic carbocycles. The molecule has 0 saturated carbocycles. The Morgan fingerprint density at radius 2 is 2.28 bits per heavy atom. The minimum absolute atomic E-state index is 0.178. The quantitative estimate of drug-likeness (QED) is 0.877. The highest BCUT2D eigenvalue weighted by Crippen LogP contribution is 2.22. The average molecular weight is 253 g/mol. The topological polar surface area (TPSA) is 79.5 Å². The van der Waals surface area contributed by atoms with E-state index in [0.29, 0.717) is 24.7 Å². The van der Waals surface area contributed by atoms with Gasteiger partial charge in [-0.3, -0.25) is 9.69 Å². The number of aromatic nitrogens is 2. The van der Waals surface area contributed by atoms with E-state index in [2.05, 4.69) is 10.1 Å². The number of nitrogens with zero attached hydrogens (tertiary/aromatic N) is 3. The van der Waals surface area contributed by atoms with Crippen LogP contribution < -0.4 is 0 Å². The van der Waals surface area contributed by atoms with Gasteiger partial charge in [0.2, 0.25) is 5.89 Å². The summed E-state index contributed by atoms with van der Waals surface area (Å²) in [6, 6.07) is -0.415. The molecule has 6 nitrogen and oxygen atoms in total. The zero-order valence-corrected chi connectivity index (χ0v) is 11.0. The Labute approximate surface area is 106 Å². The van der Waals surface area contributed by atoms with Gasteiger partial charge in [0, 0.05) is 5.41 Å². The molecule has 6 heteroatoms. The third-order valence-electron chi connectivity index (χ3n) is 3.10. The Morgan fingerprint density at radius 3 is 2.83 bits per heavy atom. The third-order valence-corrected chi connectivity index (χ3v) is 3.10. The van der Waals surface area contributed by atoms with Crippen LogP contribution in [0.2, 0.25) is 0 Å². The summed E-state index contributed by atoms with van der Waals surface area (Å²) < 4.78 is 5.20. The first-order chi connectivity index (χ1) is 8.38. The molecule has 2 heterocycles. The van der Waals surface area contributed by atoms with E-state index in [4.69, 9.17) is 9.63 Å². The van der Waals surface area contributed by atoms with E-state index in [1.165, 1.54) is 0 Å². The van der Waals surface area contributed by atoms with Gasteiger partial charge in [-0.15, -0.1) is 0 Å². The van der Waals surface area contributed by atoms with Gasteiger partial charge in [-0.1, -0.05) is 25.9 Å². The van der Waals surface area contributed by atoms with Gasteiger partial charge < -0.3 is 9.63 Å². The Balaban J connectivity index is 2.05. The Bertz CT molecular complexity index is 436. The van der Waals surface area contributed by atoms with Gasteiger partial charge in [-0.05, 0) is 19.4 Å². The second-order valence-corrected chi connectivity index (χ2v) is 5.73. The summed E-state index contributed by atoms with van der Waals surface area (Å²) in [6.45, 7) is 7.22. The molecular formula is C12H19N3O3. The monoisotopic (exact) mass is 253 g/mol. The molecule has 2 rings (SSSR count). The first-order valence-corrected chi connectivity index (χ1v) is 6.18. The molecule has 0 spiro atoms. The molecule has 18 heavy (non-hydrogen) atoms. The molecule has 1 saturated heterocycles. The zero-order valence-electron chi connectivity index (χ0n) is 11.0. The van der Waals surface area contributed by atoms with E-state index in [1.54, 1.807) is 0 Å². The maximum Gasteiger partial charge on any atom is 0.320 e. The maximum absolute atomic E-state index is 11.1. The van der Waals surface area contributed by atoms with E-state index in [1.807, 2.05) is 25.7 Å². The molecule has 100 valence electrons. The molecule has 0 radical (unpaired) electrons. The summed E-state index contributed by atoms with van der Waals surface area (Å²) in [5.41, 5.74) is -0.178. The van der Waals surface area contributed by atoms with Gasteiger partial charge in [-0.25, -0.2) is 0 Å². The van der Waals surface area contributed by atoms with Crippen molar-refractivity contribution in [3.8, 4) is 0 Å². The molecule has 1 aliphatic heterocycles. The van der Waals surface area contributed by atoms with E-state index in [0.717, 1.165) is 13.0 Å². The first kappa shape index (κ1) is 13.0. The lowest BCUT2D eigenvalue weighted by molar-refractivity contribution is -0.142. The molecule has 1 atom stereocenters. The van der Waals surface area contributed by atoms with Gasteiger partial charge in [0.1, 0.15) is 6.04 Å². The van der Waals surface area contributed by atoms with E-state index in [-0.39, 0.29) is 5.41 Å². The second kappa shape index (κ2) is 4.68. The van der Waals surface area contributed by atoms with Crippen LogP contribution in [-0.2, 0) is 16.8 Å². The predicted molar refractivity (Wildman–Crippen MR) is 64.1 cm³/mol. The van der Waals surface area contributed by atoms with Crippen molar-refractivity contribution in [1.29, 1.82) is 0 Å². The predicted octanol–water partition coefficient (Wildman–Crippen LogP) is 1.42. The van der Waals surface area contributed by atoms with Crippen LogP contribution in [0.3, 0.4) is 0 Å². The Hall–Kier alpha value is -1.43.